The van der Waals surface area contributed by atoms with Gasteiger partial charge in [-0.25, -0.2) is 0 Å². The Morgan fingerprint density at radius 2 is 1.84 bits per heavy atom. The van der Waals surface area contributed by atoms with Crippen molar-refractivity contribution < 1.29 is 0 Å². The fourth-order valence-corrected chi connectivity index (χ4v) is 2.85. The van der Waals surface area contributed by atoms with Crippen molar-refractivity contribution in [2.75, 3.05) is 23.3 Å². The van der Waals surface area contributed by atoms with Crippen molar-refractivity contribution in [1.82, 2.24) is 0 Å². The fraction of sp³-hybridized carbons (Fsp3) is 0.250. The maximum absolute atomic E-state index is 3.51. The molecule has 0 unspecified atom stereocenters. The van der Waals surface area contributed by atoms with Crippen molar-refractivity contribution >= 4 is 34.0 Å². The highest BCUT2D eigenvalue weighted by Gasteiger charge is 2.14. The molecule has 2 aromatic rings. The first-order valence-electron chi connectivity index (χ1n) is 6.65. The summed E-state index contributed by atoms with van der Waals surface area (Å²) in [5, 5.41) is 3.51. The van der Waals surface area contributed by atoms with Crippen LogP contribution in [0.1, 0.15) is 12.0 Å². The van der Waals surface area contributed by atoms with Crippen LogP contribution >= 0.6 is 22.6 Å². The van der Waals surface area contributed by atoms with Crippen molar-refractivity contribution in [3.8, 4) is 0 Å². The number of fused-ring (bicyclic) bond motifs is 1. The molecule has 0 spiro atoms. The van der Waals surface area contributed by atoms with Gasteiger partial charge in [-0.15, -0.1) is 0 Å². The Hall–Kier alpha value is -1.23. The summed E-state index contributed by atoms with van der Waals surface area (Å²) in [5.41, 5.74) is 3.95. The second-order valence-electron chi connectivity index (χ2n) is 4.85. The van der Waals surface area contributed by atoms with Crippen LogP contribution in [0.15, 0.2) is 48.5 Å². The molecule has 0 aromatic heterocycles. The van der Waals surface area contributed by atoms with Gasteiger partial charge in [0.2, 0.25) is 0 Å². The molecule has 1 aliphatic rings. The molecule has 0 fully saturated rings. The van der Waals surface area contributed by atoms with Gasteiger partial charge in [-0.05, 0) is 58.8 Å². The minimum atomic E-state index is 0.982. The Balaban J connectivity index is 1.86. The molecule has 0 amide bonds. The summed E-state index contributed by atoms with van der Waals surface area (Å²) in [7, 11) is 0. The van der Waals surface area contributed by atoms with Crippen LogP contribution in [0.25, 0.3) is 0 Å². The number of hydrogen-bond donors (Lipinski definition) is 1. The first kappa shape index (κ1) is 12.8. The summed E-state index contributed by atoms with van der Waals surface area (Å²) in [4.78, 5) is 2.47. The molecule has 98 valence electrons. The lowest BCUT2D eigenvalue weighted by Gasteiger charge is -2.24. The average Bonchev–Trinajstić information content (AvgIpc) is 2.64. The number of anilines is 2. The van der Waals surface area contributed by atoms with Gasteiger partial charge in [0.15, 0.2) is 0 Å². The third kappa shape index (κ3) is 3.03. The van der Waals surface area contributed by atoms with Gasteiger partial charge in [0.1, 0.15) is 0 Å². The summed E-state index contributed by atoms with van der Waals surface area (Å²) in [6.45, 7) is 3.14. The number of rotatable bonds is 2. The highest BCUT2D eigenvalue weighted by molar-refractivity contribution is 14.1. The molecule has 0 bridgehead atoms. The van der Waals surface area contributed by atoms with Gasteiger partial charge in [-0.1, -0.05) is 24.3 Å². The van der Waals surface area contributed by atoms with Crippen LogP contribution in [-0.4, -0.2) is 13.1 Å². The minimum absolute atomic E-state index is 0.982. The van der Waals surface area contributed by atoms with E-state index in [0.29, 0.717) is 0 Å². The molecule has 1 aliphatic heterocycles. The van der Waals surface area contributed by atoms with Gasteiger partial charge >= 0.3 is 0 Å². The van der Waals surface area contributed by atoms with Crippen LogP contribution in [0.2, 0.25) is 0 Å². The van der Waals surface area contributed by atoms with Crippen molar-refractivity contribution in [1.29, 1.82) is 0 Å². The lowest BCUT2D eigenvalue weighted by molar-refractivity contribution is 0.764. The number of benzene rings is 2. The summed E-state index contributed by atoms with van der Waals surface area (Å²) < 4.78 is 1.29. The number of halogens is 1. The first-order valence-corrected chi connectivity index (χ1v) is 7.73. The van der Waals surface area contributed by atoms with Gasteiger partial charge < -0.3 is 10.2 Å². The van der Waals surface area contributed by atoms with Crippen molar-refractivity contribution in [3.63, 3.8) is 0 Å². The number of nitrogens with zero attached hydrogens (tertiary/aromatic N) is 1. The van der Waals surface area contributed by atoms with Crippen LogP contribution in [0.5, 0.6) is 0 Å². The van der Waals surface area contributed by atoms with Crippen LogP contribution in [0.4, 0.5) is 11.4 Å². The number of nitrogens with one attached hydrogen (secondary N) is 1. The van der Waals surface area contributed by atoms with Crippen molar-refractivity contribution in [2.45, 2.75) is 13.0 Å². The molecule has 0 saturated carbocycles. The molecule has 0 atom stereocenters. The van der Waals surface area contributed by atoms with E-state index in [0.717, 1.165) is 19.6 Å². The summed E-state index contributed by atoms with van der Waals surface area (Å²) in [5.74, 6) is 0. The third-order valence-corrected chi connectivity index (χ3v) is 4.17. The zero-order chi connectivity index (χ0) is 13.1. The molecule has 3 heteroatoms. The highest BCUT2D eigenvalue weighted by atomic mass is 127. The Kier molecular flexibility index (Phi) is 3.92. The molecule has 0 radical (unpaired) electrons. The summed E-state index contributed by atoms with van der Waals surface area (Å²) in [6, 6.07) is 17.4. The molecule has 2 nitrogen and oxygen atoms in total. The van der Waals surface area contributed by atoms with Gasteiger partial charge in [-0.2, -0.15) is 0 Å². The van der Waals surface area contributed by atoms with Crippen molar-refractivity contribution in [2.24, 2.45) is 0 Å². The van der Waals surface area contributed by atoms with E-state index in [4.69, 9.17) is 0 Å². The molecule has 3 rings (SSSR count). The second kappa shape index (κ2) is 5.82. The van der Waals surface area contributed by atoms with Gasteiger partial charge in [-0.3, -0.25) is 0 Å². The third-order valence-electron chi connectivity index (χ3n) is 3.45. The van der Waals surface area contributed by atoms with Crippen LogP contribution in [-0.2, 0) is 6.54 Å². The maximum atomic E-state index is 3.51. The predicted octanol–water partition coefficient (Wildman–Crippen LogP) is 4.11. The number of hydrogen-bond acceptors (Lipinski definition) is 2. The zero-order valence-corrected chi connectivity index (χ0v) is 12.9. The average molecular weight is 364 g/mol. The van der Waals surface area contributed by atoms with E-state index in [1.54, 1.807) is 0 Å². The predicted molar refractivity (Wildman–Crippen MR) is 89.8 cm³/mol. The molecule has 0 aliphatic carbocycles. The lowest BCUT2D eigenvalue weighted by atomic mass is 10.2. The van der Waals surface area contributed by atoms with Gasteiger partial charge in [0, 0.05) is 23.2 Å². The van der Waals surface area contributed by atoms with Crippen LogP contribution in [0, 0.1) is 3.57 Å². The minimum Gasteiger partial charge on any atom is -0.383 e. The smallest absolute Gasteiger partial charge is 0.0605 e. The summed E-state index contributed by atoms with van der Waals surface area (Å²) in [6.07, 6.45) is 1.18. The Morgan fingerprint density at radius 1 is 1.05 bits per heavy atom. The van der Waals surface area contributed by atoms with E-state index in [1.165, 1.54) is 26.9 Å². The van der Waals surface area contributed by atoms with E-state index in [-0.39, 0.29) is 0 Å². The normalized spacial score (nSPS) is 14.5. The van der Waals surface area contributed by atoms with Gasteiger partial charge in [0.25, 0.3) is 0 Å². The second-order valence-corrected chi connectivity index (χ2v) is 6.09. The van der Waals surface area contributed by atoms with E-state index >= 15 is 0 Å². The van der Waals surface area contributed by atoms with Crippen molar-refractivity contribution in [3.05, 3.63) is 57.7 Å². The Bertz CT molecular complexity index is 551. The first-order chi connectivity index (χ1) is 9.33. The Labute approximate surface area is 128 Å². The molecule has 2 aromatic carbocycles. The standard InChI is InChI=1S/C16H17IN2/c17-14-8-6-13(7-9-14)12-19-11-3-10-18-15-4-1-2-5-16(15)19/h1-2,4-9,18H,3,10-12H2. The van der Waals surface area contributed by atoms with Gasteiger partial charge in [0.05, 0.1) is 11.4 Å². The van der Waals surface area contributed by atoms with Crippen LogP contribution < -0.4 is 10.2 Å². The van der Waals surface area contributed by atoms with Crippen LogP contribution in [0.3, 0.4) is 0 Å². The van der Waals surface area contributed by atoms with E-state index in [9.17, 15) is 0 Å². The molecular formula is C16H17IN2. The van der Waals surface area contributed by atoms with E-state index in [1.807, 2.05) is 0 Å². The fourth-order valence-electron chi connectivity index (χ4n) is 2.49. The SMILES string of the molecule is Ic1ccc(CN2CCCNc3ccccc32)cc1. The molecule has 1 heterocycles. The zero-order valence-electron chi connectivity index (χ0n) is 10.8. The lowest BCUT2D eigenvalue weighted by Crippen LogP contribution is -2.23. The molecule has 19 heavy (non-hydrogen) atoms. The largest absolute Gasteiger partial charge is 0.383 e. The van der Waals surface area contributed by atoms with E-state index in [2.05, 4.69) is 81.3 Å². The quantitative estimate of drug-likeness (QED) is 0.807. The summed E-state index contributed by atoms with van der Waals surface area (Å²) >= 11 is 2.35. The molecule has 0 saturated heterocycles. The topological polar surface area (TPSA) is 15.3 Å². The Morgan fingerprint density at radius 3 is 2.68 bits per heavy atom. The molecular weight excluding hydrogens is 347 g/mol. The highest BCUT2D eigenvalue weighted by Crippen LogP contribution is 2.29. The van der Waals surface area contributed by atoms with E-state index < -0.39 is 0 Å². The molecule has 1 N–H and O–H groups in total. The monoisotopic (exact) mass is 364 g/mol. The maximum Gasteiger partial charge on any atom is 0.0605 e. The number of para-hydroxylation sites is 2.